The molecule has 0 atom stereocenters. The highest BCUT2D eigenvalue weighted by Gasteiger charge is 2.17. The fourth-order valence-corrected chi connectivity index (χ4v) is 2.75. The van der Waals surface area contributed by atoms with Gasteiger partial charge in [-0.15, -0.1) is 0 Å². The number of rotatable bonds is 4. The molecule has 0 amide bonds. The van der Waals surface area contributed by atoms with Crippen LogP contribution in [0.2, 0.25) is 0 Å². The third-order valence-electron chi connectivity index (χ3n) is 3.04. The van der Waals surface area contributed by atoms with Crippen molar-refractivity contribution in [3.05, 3.63) is 24.5 Å². The maximum absolute atomic E-state index is 11.6. The Labute approximate surface area is 131 Å². The van der Waals surface area contributed by atoms with Crippen LogP contribution in [0.5, 0.6) is 5.75 Å². The van der Waals surface area contributed by atoms with Gasteiger partial charge in [-0.1, -0.05) is 0 Å². The zero-order valence-corrected chi connectivity index (χ0v) is 12.8. The first-order valence-corrected chi connectivity index (χ1v) is 7.87. The van der Waals surface area contributed by atoms with Crippen molar-refractivity contribution in [1.29, 1.82) is 0 Å². The van der Waals surface area contributed by atoms with Gasteiger partial charge in [0.25, 0.3) is 0 Å². The van der Waals surface area contributed by atoms with Gasteiger partial charge in [-0.3, -0.25) is 0 Å². The summed E-state index contributed by atoms with van der Waals surface area (Å²) >= 11 is 0. The summed E-state index contributed by atoms with van der Waals surface area (Å²) in [5.74, 6) is 1.08. The van der Waals surface area contributed by atoms with Crippen LogP contribution in [-0.4, -0.2) is 35.5 Å². The summed E-state index contributed by atoms with van der Waals surface area (Å²) < 4.78 is 28.2. The van der Waals surface area contributed by atoms with Crippen molar-refractivity contribution in [3.63, 3.8) is 0 Å². The van der Waals surface area contributed by atoms with Crippen molar-refractivity contribution < 1.29 is 13.2 Å². The lowest BCUT2D eigenvalue weighted by molar-refractivity contribution is 0.403. The molecule has 0 spiro atoms. The first kappa shape index (κ1) is 15.0. The van der Waals surface area contributed by atoms with E-state index in [-0.39, 0.29) is 22.4 Å². The summed E-state index contributed by atoms with van der Waals surface area (Å²) in [6.07, 6.45) is 1.35. The number of ether oxygens (including phenoxy) is 1. The molecule has 3 rings (SSSR count). The molecule has 0 unspecified atom stereocenters. The standard InChI is InChI=1S/C12H13N7O3S/c1-22-7-3-2-6(4-8(7)23(14,20)21)17-12-18-10(13)9-11(19-12)16-5-15-9/h2-5H,1H3,(H2,14,20,21)(H4,13,15,16,17,18,19). The highest BCUT2D eigenvalue weighted by molar-refractivity contribution is 7.89. The minimum absolute atomic E-state index is 0.145. The van der Waals surface area contributed by atoms with Crippen molar-refractivity contribution in [2.75, 3.05) is 18.2 Å². The molecule has 120 valence electrons. The molecule has 0 saturated heterocycles. The molecule has 10 nitrogen and oxygen atoms in total. The summed E-state index contributed by atoms with van der Waals surface area (Å²) in [6, 6.07) is 4.42. The Balaban J connectivity index is 2.01. The lowest BCUT2D eigenvalue weighted by Crippen LogP contribution is -2.14. The third-order valence-corrected chi connectivity index (χ3v) is 3.97. The third kappa shape index (κ3) is 2.86. The molecule has 0 saturated carbocycles. The maximum Gasteiger partial charge on any atom is 0.241 e. The number of nitrogens with two attached hydrogens (primary N) is 2. The Hall–Kier alpha value is -2.92. The van der Waals surface area contributed by atoms with E-state index in [0.29, 0.717) is 17.2 Å². The average molecular weight is 335 g/mol. The zero-order valence-electron chi connectivity index (χ0n) is 11.9. The number of methoxy groups -OCH3 is 1. The van der Waals surface area contributed by atoms with Crippen molar-refractivity contribution in [2.45, 2.75) is 4.90 Å². The van der Waals surface area contributed by atoms with Crippen LogP contribution in [0.25, 0.3) is 11.5 Å². The van der Waals surface area contributed by atoms with E-state index < -0.39 is 10.0 Å². The fourth-order valence-electron chi connectivity index (χ4n) is 2.03. The first-order chi connectivity index (χ1) is 10.9. The van der Waals surface area contributed by atoms with Gasteiger partial charge in [0.2, 0.25) is 16.0 Å². The van der Waals surface area contributed by atoms with Crippen molar-refractivity contribution in [1.82, 2.24) is 19.9 Å². The molecule has 1 aromatic rings. The van der Waals surface area contributed by atoms with Gasteiger partial charge in [0.1, 0.15) is 28.5 Å². The number of H-pyrrole nitrogens is 1. The SMILES string of the molecule is COc1ccc(Nc2nc3ncnc-3c(N)[nH]2)cc1S(N)(=O)=O. The number of nitrogens with zero attached hydrogens (tertiary/aromatic N) is 3. The van der Waals surface area contributed by atoms with E-state index in [1.165, 1.54) is 25.6 Å². The molecule has 0 bridgehead atoms. The van der Waals surface area contributed by atoms with Crippen LogP contribution in [-0.2, 0) is 10.0 Å². The molecule has 2 aliphatic heterocycles. The number of imidazole rings is 1. The van der Waals surface area contributed by atoms with Gasteiger partial charge in [0.05, 0.1) is 7.11 Å². The Bertz CT molecular complexity index is 938. The second-order valence-corrected chi connectivity index (χ2v) is 6.11. The quantitative estimate of drug-likeness (QED) is 0.528. The van der Waals surface area contributed by atoms with E-state index in [4.69, 9.17) is 15.6 Å². The number of aromatic nitrogens is 4. The summed E-state index contributed by atoms with van der Waals surface area (Å²) in [5, 5.41) is 8.08. The van der Waals surface area contributed by atoms with E-state index in [9.17, 15) is 8.42 Å². The van der Waals surface area contributed by atoms with Crippen LogP contribution < -0.4 is 20.9 Å². The molecule has 11 heteroatoms. The summed E-state index contributed by atoms with van der Waals surface area (Å²) in [5.41, 5.74) is 6.71. The minimum atomic E-state index is -3.94. The van der Waals surface area contributed by atoms with Crippen LogP contribution in [0, 0.1) is 0 Å². The van der Waals surface area contributed by atoms with Gasteiger partial charge < -0.3 is 20.8 Å². The Morgan fingerprint density at radius 1 is 1.30 bits per heavy atom. The number of hydrogen-bond acceptors (Lipinski definition) is 8. The predicted molar refractivity (Wildman–Crippen MR) is 82.9 cm³/mol. The van der Waals surface area contributed by atoms with Crippen molar-refractivity contribution in [2.24, 2.45) is 5.14 Å². The van der Waals surface area contributed by atoms with E-state index >= 15 is 0 Å². The summed E-state index contributed by atoms with van der Waals surface area (Å²) in [7, 11) is -2.58. The second-order valence-electron chi connectivity index (χ2n) is 4.58. The lowest BCUT2D eigenvalue weighted by atomic mass is 10.3. The van der Waals surface area contributed by atoms with Gasteiger partial charge in [-0.25, -0.2) is 23.5 Å². The molecular formula is C12H13N7O3S. The van der Waals surface area contributed by atoms with Gasteiger partial charge in [-0.2, -0.15) is 4.98 Å². The molecule has 2 heterocycles. The van der Waals surface area contributed by atoms with E-state index in [1.54, 1.807) is 6.07 Å². The van der Waals surface area contributed by atoms with E-state index in [2.05, 4.69) is 25.3 Å². The number of benzene rings is 1. The largest absolute Gasteiger partial charge is 0.495 e. The van der Waals surface area contributed by atoms with Gasteiger partial charge in [0.15, 0.2) is 5.82 Å². The molecule has 0 aliphatic carbocycles. The van der Waals surface area contributed by atoms with E-state index in [1.807, 2.05) is 0 Å². The molecule has 0 fully saturated rings. The number of sulfonamides is 1. The normalized spacial score (nSPS) is 11.6. The number of anilines is 3. The van der Waals surface area contributed by atoms with Crippen LogP contribution >= 0.6 is 0 Å². The number of hydrogen-bond donors (Lipinski definition) is 4. The molecule has 23 heavy (non-hydrogen) atoms. The summed E-state index contributed by atoms with van der Waals surface area (Å²) in [6.45, 7) is 0. The molecule has 6 N–H and O–H groups in total. The smallest absolute Gasteiger partial charge is 0.241 e. The highest BCUT2D eigenvalue weighted by atomic mass is 32.2. The highest BCUT2D eigenvalue weighted by Crippen LogP contribution is 2.28. The lowest BCUT2D eigenvalue weighted by Gasteiger charge is -2.11. The summed E-state index contributed by atoms with van der Waals surface area (Å²) in [4.78, 5) is 14.8. The second kappa shape index (κ2) is 5.37. The Morgan fingerprint density at radius 2 is 2.09 bits per heavy atom. The van der Waals surface area contributed by atoms with Crippen LogP contribution in [0.4, 0.5) is 17.5 Å². The maximum atomic E-state index is 11.6. The predicted octanol–water partition coefficient (Wildman–Crippen LogP) is 0.286. The van der Waals surface area contributed by atoms with Crippen molar-refractivity contribution in [3.8, 4) is 17.3 Å². The van der Waals surface area contributed by atoms with Gasteiger partial charge in [-0.05, 0) is 18.2 Å². The number of aromatic amines is 1. The van der Waals surface area contributed by atoms with Crippen LogP contribution in [0.1, 0.15) is 0 Å². The number of primary sulfonamides is 1. The number of fused-ring (bicyclic) bond motifs is 1. The zero-order chi connectivity index (χ0) is 16.6. The van der Waals surface area contributed by atoms with Gasteiger partial charge >= 0.3 is 0 Å². The molecule has 0 aromatic heterocycles. The molecule has 0 radical (unpaired) electrons. The van der Waals surface area contributed by atoms with E-state index in [0.717, 1.165) is 0 Å². The van der Waals surface area contributed by atoms with Crippen LogP contribution in [0.3, 0.4) is 0 Å². The average Bonchev–Trinajstić information content (AvgIpc) is 2.95. The van der Waals surface area contributed by atoms with Crippen molar-refractivity contribution >= 4 is 27.5 Å². The Kier molecular flexibility index (Phi) is 3.50. The Morgan fingerprint density at radius 3 is 2.78 bits per heavy atom. The number of nitrogen functional groups attached to an aromatic ring is 1. The molecular weight excluding hydrogens is 322 g/mol. The fraction of sp³-hybridized carbons (Fsp3) is 0.0833. The van der Waals surface area contributed by atoms with Gasteiger partial charge in [0, 0.05) is 5.69 Å². The number of nitrogens with one attached hydrogen (secondary N) is 2. The molecule has 2 aliphatic rings. The monoisotopic (exact) mass is 335 g/mol. The minimum Gasteiger partial charge on any atom is -0.495 e. The van der Waals surface area contributed by atoms with Crippen LogP contribution in [0.15, 0.2) is 29.4 Å². The first-order valence-electron chi connectivity index (χ1n) is 6.32. The molecule has 1 aromatic carbocycles. The topological polar surface area (TPSA) is 162 Å².